The maximum Gasteiger partial charge on any atom is 0.343 e. The summed E-state index contributed by atoms with van der Waals surface area (Å²) in [5.41, 5.74) is 0.888. The number of carbonyl (C=O) groups excluding carboxylic acids is 4. The Kier molecular flexibility index (Phi) is 6.36. The Morgan fingerprint density at radius 1 is 1.14 bits per heavy atom. The van der Waals surface area contributed by atoms with Crippen molar-refractivity contribution in [2.45, 2.75) is 0 Å². The normalized spacial score (nSPS) is 15.0. The van der Waals surface area contributed by atoms with E-state index in [0.29, 0.717) is 16.1 Å². The zero-order valence-electron chi connectivity index (χ0n) is 15.1. The third-order valence-electron chi connectivity index (χ3n) is 3.83. The lowest BCUT2D eigenvalue weighted by molar-refractivity contribution is -0.143. The molecule has 1 aliphatic rings. The minimum Gasteiger partial charge on any atom is -0.468 e. The smallest absolute Gasteiger partial charge is 0.343 e. The third kappa shape index (κ3) is 5.04. The van der Waals surface area contributed by atoms with Crippen molar-refractivity contribution in [2.24, 2.45) is 0 Å². The Bertz CT molecular complexity index is 1020. The minimum absolute atomic E-state index is 0.153. The van der Waals surface area contributed by atoms with Crippen molar-refractivity contribution in [3.63, 3.8) is 0 Å². The molecule has 0 saturated carbocycles. The van der Waals surface area contributed by atoms with E-state index in [9.17, 15) is 19.2 Å². The van der Waals surface area contributed by atoms with Gasteiger partial charge < -0.3 is 9.47 Å². The van der Waals surface area contributed by atoms with E-state index in [4.69, 9.17) is 16.3 Å². The van der Waals surface area contributed by atoms with E-state index in [1.54, 1.807) is 48.5 Å². The van der Waals surface area contributed by atoms with E-state index in [-0.39, 0.29) is 10.7 Å². The monoisotopic (exact) mass is 431 g/mol. The molecule has 2 aromatic rings. The fraction of sp³-hybridized carbons (Fsp3) is 0.100. The van der Waals surface area contributed by atoms with E-state index in [1.807, 2.05) is 0 Å². The van der Waals surface area contributed by atoms with Crippen molar-refractivity contribution in [3.8, 4) is 5.75 Å². The number of methoxy groups -OCH3 is 1. The average molecular weight is 432 g/mol. The predicted octanol–water partition coefficient (Wildman–Crippen LogP) is 3.77. The van der Waals surface area contributed by atoms with Gasteiger partial charge in [-0.2, -0.15) is 0 Å². The number of hydrogen-bond donors (Lipinski definition) is 0. The molecule has 2 aromatic carbocycles. The number of thioether (sulfide) groups is 1. The second-order valence-electron chi connectivity index (χ2n) is 5.81. The van der Waals surface area contributed by atoms with Gasteiger partial charge in [-0.1, -0.05) is 23.7 Å². The van der Waals surface area contributed by atoms with Crippen molar-refractivity contribution in [3.05, 3.63) is 69.6 Å². The molecule has 0 aromatic heterocycles. The second kappa shape index (κ2) is 8.93. The molecule has 0 bridgehead atoms. The van der Waals surface area contributed by atoms with Crippen LogP contribution < -0.4 is 4.74 Å². The second-order valence-corrected chi connectivity index (χ2v) is 7.24. The fourth-order valence-corrected chi connectivity index (χ4v) is 3.37. The van der Waals surface area contributed by atoms with E-state index in [0.717, 1.165) is 16.7 Å². The van der Waals surface area contributed by atoms with Crippen molar-refractivity contribution in [1.82, 2.24) is 4.90 Å². The van der Waals surface area contributed by atoms with Crippen molar-refractivity contribution >= 4 is 52.5 Å². The molecule has 0 aliphatic carbocycles. The number of imide groups is 1. The summed E-state index contributed by atoms with van der Waals surface area (Å²) < 4.78 is 9.83. The topological polar surface area (TPSA) is 90.0 Å². The summed E-state index contributed by atoms with van der Waals surface area (Å²) in [5, 5.41) is -0.0540. The largest absolute Gasteiger partial charge is 0.468 e. The quantitative estimate of drug-likeness (QED) is 0.404. The number of carbonyl (C=O) groups is 4. The van der Waals surface area contributed by atoms with Crippen LogP contribution in [0.15, 0.2) is 53.4 Å². The van der Waals surface area contributed by atoms with Gasteiger partial charge in [0.25, 0.3) is 11.1 Å². The summed E-state index contributed by atoms with van der Waals surface area (Å²) in [6.07, 6.45) is 1.49. The van der Waals surface area contributed by atoms with Gasteiger partial charge in [-0.3, -0.25) is 19.3 Å². The molecule has 0 atom stereocenters. The molecule has 0 radical (unpaired) electrons. The van der Waals surface area contributed by atoms with Gasteiger partial charge in [-0.15, -0.1) is 0 Å². The maximum atomic E-state index is 12.4. The highest BCUT2D eigenvalue weighted by Gasteiger charge is 2.36. The van der Waals surface area contributed by atoms with E-state index in [1.165, 1.54) is 13.2 Å². The molecular weight excluding hydrogens is 418 g/mol. The van der Waals surface area contributed by atoms with Crippen LogP contribution in [0.25, 0.3) is 6.08 Å². The summed E-state index contributed by atoms with van der Waals surface area (Å²) in [6, 6.07) is 12.7. The van der Waals surface area contributed by atoms with Gasteiger partial charge in [0.2, 0.25) is 0 Å². The van der Waals surface area contributed by atoms with Crippen LogP contribution in [0.5, 0.6) is 5.75 Å². The van der Waals surface area contributed by atoms with Crippen molar-refractivity contribution < 1.29 is 28.7 Å². The number of ether oxygens (including phenoxy) is 2. The summed E-state index contributed by atoms with van der Waals surface area (Å²) >= 11 is 6.52. The van der Waals surface area contributed by atoms with Gasteiger partial charge in [0.1, 0.15) is 12.3 Å². The van der Waals surface area contributed by atoms with Crippen molar-refractivity contribution in [1.29, 1.82) is 0 Å². The molecule has 1 saturated heterocycles. The van der Waals surface area contributed by atoms with E-state index in [2.05, 4.69) is 4.74 Å². The maximum absolute atomic E-state index is 12.4. The molecule has 3 rings (SSSR count). The number of rotatable bonds is 5. The molecule has 2 amide bonds. The van der Waals surface area contributed by atoms with Crippen LogP contribution in [0, 0.1) is 0 Å². The predicted molar refractivity (Wildman–Crippen MR) is 108 cm³/mol. The van der Waals surface area contributed by atoms with Gasteiger partial charge in [0.05, 0.1) is 17.6 Å². The highest BCUT2D eigenvalue weighted by atomic mass is 35.5. The number of nitrogens with zero attached hydrogens (tertiary/aromatic N) is 1. The summed E-state index contributed by atoms with van der Waals surface area (Å²) in [4.78, 5) is 48.9. The van der Waals surface area contributed by atoms with Crippen LogP contribution in [0.4, 0.5) is 4.79 Å². The number of hydrogen-bond acceptors (Lipinski definition) is 7. The molecule has 1 heterocycles. The summed E-state index contributed by atoms with van der Waals surface area (Å²) in [7, 11) is 1.17. The minimum atomic E-state index is -0.690. The Labute approximate surface area is 175 Å². The lowest BCUT2D eigenvalue weighted by Crippen LogP contribution is -2.34. The zero-order chi connectivity index (χ0) is 21.0. The highest BCUT2D eigenvalue weighted by Crippen LogP contribution is 2.32. The SMILES string of the molecule is COC(=O)CN1C(=O)S/C(=C\c2cccc(OC(=O)c3ccc(Cl)cc3)c2)C1=O. The average Bonchev–Trinajstić information content (AvgIpc) is 2.96. The Balaban J connectivity index is 1.75. The fourth-order valence-electron chi connectivity index (χ4n) is 2.40. The first-order chi connectivity index (χ1) is 13.9. The highest BCUT2D eigenvalue weighted by molar-refractivity contribution is 8.18. The van der Waals surface area contributed by atoms with Crippen LogP contribution >= 0.6 is 23.4 Å². The standard InChI is InChI=1S/C20H14ClNO6S/c1-27-17(23)11-22-18(24)16(29-20(22)26)10-12-3-2-4-15(9-12)28-19(25)13-5-7-14(21)8-6-13/h2-10H,11H2,1H3/b16-10-. The van der Waals surface area contributed by atoms with Crippen LogP contribution in [-0.2, 0) is 14.3 Å². The van der Waals surface area contributed by atoms with Gasteiger partial charge >= 0.3 is 11.9 Å². The number of benzene rings is 2. The van der Waals surface area contributed by atoms with Gasteiger partial charge in [0.15, 0.2) is 0 Å². The van der Waals surface area contributed by atoms with E-state index >= 15 is 0 Å². The number of amides is 2. The molecule has 0 N–H and O–H groups in total. The molecule has 9 heteroatoms. The van der Waals surface area contributed by atoms with E-state index < -0.39 is 29.6 Å². The molecular formula is C20H14ClNO6S. The molecule has 0 spiro atoms. The van der Waals surface area contributed by atoms with Crippen LogP contribution in [0.3, 0.4) is 0 Å². The number of esters is 2. The first-order valence-electron chi connectivity index (χ1n) is 8.27. The zero-order valence-corrected chi connectivity index (χ0v) is 16.7. The van der Waals surface area contributed by atoms with Crippen LogP contribution in [-0.4, -0.2) is 41.6 Å². The van der Waals surface area contributed by atoms with Gasteiger partial charge in [-0.05, 0) is 59.8 Å². The lowest BCUT2D eigenvalue weighted by atomic mass is 10.2. The molecule has 1 aliphatic heterocycles. The third-order valence-corrected chi connectivity index (χ3v) is 4.99. The summed E-state index contributed by atoms with van der Waals surface area (Å²) in [5.74, 6) is -1.57. The first-order valence-corrected chi connectivity index (χ1v) is 9.47. The Morgan fingerprint density at radius 2 is 1.86 bits per heavy atom. The first kappa shape index (κ1) is 20.6. The molecule has 0 unspecified atom stereocenters. The number of halogens is 1. The molecule has 29 heavy (non-hydrogen) atoms. The lowest BCUT2D eigenvalue weighted by Gasteiger charge is -2.09. The Hall–Kier alpha value is -3.10. The molecule has 148 valence electrons. The van der Waals surface area contributed by atoms with Crippen molar-refractivity contribution in [2.75, 3.05) is 13.7 Å². The van der Waals surface area contributed by atoms with Crippen LogP contribution in [0.2, 0.25) is 5.02 Å². The van der Waals surface area contributed by atoms with Crippen LogP contribution in [0.1, 0.15) is 15.9 Å². The molecule has 1 fully saturated rings. The van der Waals surface area contributed by atoms with Gasteiger partial charge in [-0.25, -0.2) is 4.79 Å². The summed E-state index contributed by atoms with van der Waals surface area (Å²) in [6.45, 7) is -0.447. The Morgan fingerprint density at radius 3 is 2.55 bits per heavy atom. The van der Waals surface area contributed by atoms with Gasteiger partial charge in [0, 0.05) is 5.02 Å². The molecule has 7 nitrogen and oxygen atoms in total.